The predicted octanol–water partition coefficient (Wildman–Crippen LogP) is 2.59. The van der Waals surface area contributed by atoms with Crippen molar-refractivity contribution in [3.63, 3.8) is 0 Å². The molecule has 2 rings (SSSR count). The van der Waals surface area contributed by atoms with E-state index in [-0.39, 0.29) is 0 Å². The van der Waals surface area contributed by atoms with Crippen LogP contribution < -0.4 is 10.6 Å². The Morgan fingerprint density at radius 1 is 1.29 bits per heavy atom. The first-order valence-electron chi connectivity index (χ1n) is 8.19. The number of anilines is 1. The molecular weight excluding hydrogens is 262 g/mol. The van der Waals surface area contributed by atoms with Crippen LogP contribution in [0.3, 0.4) is 0 Å². The summed E-state index contributed by atoms with van der Waals surface area (Å²) in [4.78, 5) is 6.96. The Hall–Kier alpha value is -1.10. The molecule has 1 aromatic heterocycles. The fraction of sp³-hybridized carbons (Fsp3) is 0.875. The monoisotopic (exact) mass is 293 g/mol. The SMILES string of the molecule is CC(N)C1CCN(c2n[nH]c(CC(C)C(C)(C)C)n2)CC1. The van der Waals surface area contributed by atoms with Crippen molar-refractivity contribution in [2.24, 2.45) is 23.0 Å². The van der Waals surface area contributed by atoms with Crippen molar-refractivity contribution in [3.05, 3.63) is 5.82 Å². The van der Waals surface area contributed by atoms with E-state index in [1.165, 1.54) is 0 Å². The van der Waals surface area contributed by atoms with Crippen molar-refractivity contribution in [1.29, 1.82) is 0 Å². The summed E-state index contributed by atoms with van der Waals surface area (Å²) in [5, 5.41) is 7.52. The zero-order valence-corrected chi connectivity index (χ0v) is 14.2. The summed E-state index contributed by atoms with van der Waals surface area (Å²) in [5.74, 6) is 3.07. The molecule has 0 saturated carbocycles. The van der Waals surface area contributed by atoms with Gasteiger partial charge in [0.2, 0.25) is 5.95 Å². The first-order valence-corrected chi connectivity index (χ1v) is 8.19. The lowest BCUT2D eigenvalue weighted by Gasteiger charge is -2.32. The van der Waals surface area contributed by atoms with Crippen LogP contribution in [0.5, 0.6) is 0 Å². The highest BCUT2D eigenvalue weighted by molar-refractivity contribution is 5.29. The van der Waals surface area contributed by atoms with Gasteiger partial charge in [0.15, 0.2) is 0 Å². The third-order valence-electron chi connectivity index (χ3n) is 5.06. The third-order valence-corrected chi connectivity index (χ3v) is 5.06. The van der Waals surface area contributed by atoms with Gasteiger partial charge in [0.05, 0.1) is 0 Å². The van der Waals surface area contributed by atoms with E-state index in [1.54, 1.807) is 0 Å². The maximum absolute atomic E-state index is 5.99. The number of aromatic nitrogens is 3. The van der Waals surface area contributed by atoms with Crippen molar-refractivity contribution >= 4 is 5.95 Å². The molecule has 21 heavy (non-hydrogen) atoms. The van der Waals surface area contributed by atoms with E-state index in [4.69, 9.17) is 5.73 Å². The van der Waals surface area contributed by atoms with Crippen LogP contribution in [-0.4, -0.2) is 34.3 Å². The van der Waals surface area contributed by atoms with E-state index in [1.807, 2.05) is 0 Å². The minimum absolute atomic E-state index is 0.294. The van der Waals surface area contributed by atoms with Gasteiger partial charge in [-0.05, 0) is 37.0 Å². The summed E-state index contributed by atoms with van der Waals surface area (Å²) in [6.07, 6.45) is 3.23. The van der Waals surface area contributed by atoms with Crippen molar-refractivity contribution in [2.75, 3.05) is 18.0 Å². The topological polar surface area (TPSA) is 70.8 Å². The van der Waals surface area contributed by atoms with Crippen molar-refractivity contribution in [1.82, 2.24) is 15.2 Å². The second kappa shape index (κ2) is 6.34. The average Bonchev–Trinajstić information content (AvgIpc) is 2.86. The van der Waals surface area contributed by atoms with Crippen LogP contribution in [-0.2, 0) is 6.42 Å². The number of H-pyrrole nitrogens is 1. The molecule has 5 heteroatoms. The van der Waals surface area contributed by atoms with Crippen LogP contribution in [0.15, 0.2) is 0 Å². The molecule has 2 atom stereocenters. The number of nitrogens with one attached hydrogen (secondary N) is 1. The lowest BCUT2D eigenvalue weighted by atomic mass is 9.80. The molecule has 0 radical (unpaired) electrons. The standard InChI is InChI=1S/C16H31N5/c1-11(16(3,4)5)10-14-18-15(20-19-14)21-8-6-13(7-9-21)12(2)17/h11-13H,6-10,17H2,1-5H3,(H,18,19,20). The van der Waals surface area contributed by atoms with Crippen molar-refractivity contribution in [2.45, 2.75) is 59.9 Å². The minimum atomic E-state index is 0.294. The molecule has 2 heterocycles. The maximum Gasteiger partial charge on any atom is 0.244 e. The van der Waals surface area contributed by atoms with Gasteiger partial charge in [-0.2, -0.15) is 4.98 Å². The molecule has 5 nitrogen and oxygen atoms in total. The average molecular weight is 293 g/mol. The smallest absolute Gasteiger partial charge is 0.244 e. The van der Waals surface area contributed by atoms with Crippen LogP contribution in [0.2, 0.25) is 0 Å². The number of nitrogens with two attached hydrogens (primary N) is 1. The molecule has 1 aliphatic rings. The number of nitrogens with zero attached hydrogens (tertiary/aromatic N) is 3. The minimum Gasteiger partial charge on any atom is -0.340 e. The Morgan fingerprint density at radius 3 is 2.43 bits per heavy atom. The molecule has 1 aromatic rings. The molecule has 2 unspecified atom stereocenters. The third kappa shape index (κ3) is 4.19. The second-order valence-corrected chi connectivity index (χ2v) is 7.74. The van der Waals surface area contributed by atoms with Gasteiger partial charge in [-0.1, -0.05) is 27.7 Å². The molecule has 0 bridgehead atoms. The van der Waals surface area contributed by atoms with E-state index < -0.39 is 0 Å². The van der Waals surface area contributed by atoms with Crippen LogP contribution >= 0.6 is 0 Å². The summed E-state index contributed by atoms with van der Waals surface area (Å²) < 4.78 is 0. The Labute approximate surface area is 128 Å². The van der Waals surface area contributed by atoms with Crippen LogP contribution in [0.25, 0.3) is 0 Å². The quantitative estimate of drug-likeness (QED) is 0.895. The summed E-state index contributed by atoms with van der Waals surface area (Å²) in [7, 11) is 0. The summed E-state index contributed by atoms with van der Waals surface area (Å²) >= 11 is 0. The molecule has 0 aliphatic carbocycles. The number of hydrogen-bond acceptors (Lipinski definition) is 4. The van der Waals surface area contributed by atoms with Gasteiger partial charge in [0.1, 0.15) is 5.82 Å². The Kier molecular flexibility index (Phi) is 4.91. The molecule has 1 aliphatic heterocycles. The molecule has 1 fully saturated rings. The largest absolute Gasteiger partial charge is 0.340 e. The Balaban J connectivity index is 1.92. The van der Waals surface area contributed by atoms with Gasteiger partial charge in [-0.15, -0.1) is 5.10 Å². The van der Waals surface area contributed by atoms with E-state index in [0.29, 0.717) is 23.3 Å². The lowest BCUT2D eigenvalue weighted by molar-refractivity contribution is 0.257. The second-order valence-electron chi connectivity index (χ2n) is 7.74. The first-order chi connectivity index (χ1) is 9.77. The molecule has 3 N–H and O–H groups in total. The van der Waals surface area contributed by atoms with Crippen LogP contribution in [0, 0.1) is 17.3 Å². The maximum atomic E-state index is 5.99. The Morgan fingerprint density at radius 2 is 1.90 bits per heavy atom. The van der Waals surface area contributed by atoms with Crippen molar-refractivity contribution in [3.8, 4) is 0 Å². The normalized spacial score (nSPS) is 20.6. The Bertz CT molecular complexity index is 438. The fourth-order valence-corrected chi connectivity index (χ4v) is 2.74. The van der Waals surface area contributed by atoms with E-state index in [9.17, 15) is 0 Å². The predicted molar refractivity (Wildman–Crippen MR) is 87.3 cm³/mol. The first kappa shape index (κ1) is 16.3. The molecule has 0 amide bonds. The van der Waals surface area contributed by atoms with Gasteiger partial charge in [-0.3, -0.25) is 5.10 Å². The van der Waals surface area contributed by atoms with E-state index in [2.05, 4.69) is 54.7 Å². The molecular formula is C16H31N5. The number of aromatic amines is 1. The summed E-state index contributed by atoms with van der Waals surface area (Å²) in [6, 6.07) is 0.294. The number of rotatable bonds is 4. The van der Waals surface area contributed by atoms with Gasteiger partial charge >= 0.3 is 0 Å². The van der Waals surface area contributed by atoms with E-state index >= 15 is 0 Å². The zero-order chi connectivity index (χ0) is 15.6. The van der Waals surface area contributed by atoms with Crippen LogP contribution in [0.4, 0.5) is 5.95 Å². The highest BCUT2D eigenvalue weighted by Gasteiger charge is 2.25. The summed E-state index contributed by atoms with van der Waals surface area (Å²) in [6.45, 7) is 13.2. The number of piperidine rings is 1. The lowest BCUT2D eigenvalue weighted by Crippen LogP contribution is -2.40. The van der Waals surface area contributed by atoms with Gasteiger partial charge in [-0.25, -0.2) is 0 Å². The fourth-order valence-electron chi connectivity index (χ4n) is 2.74. The van der Waals surface area contributed by atoms with Crippen molar-refractivity contribution < 1.29 is 0 Å². The molecule has 0 spiro atoms. The highest BCUT2D eigenvalue weighted by atomic mass is 15.4. The van der Waals surface area contributed by atoms with Gasteiger partial charge in [0.25, 0.3) is 0 Å². The molecule has 1 saturated heterocycles. The zero-order valence-electron chi connectivity index (χ0n) is 14.2. The highest BCUT2D eigenvalue weighted by Crippen LogP contribution is 2.28. The van der Waals surface area contributed by atoms with Gasteiger partial charge in [0, 0.05) is 25.6 Å². The van der Waals surface area contributed by atoms with Crippen LogP contribution in [0.1, 0.15) is 53.3 Å². The van der Waals surface area contributed by atoms with Gasteiger partial charge < -0.3 is 10.6 Å². The van der Waals surface area contributed by atoms with E-state index in [0.717, 1.165) is 44.1 Å². The molecule has 0 aromatic carbocycles. The number of hydrogen-bond donors (Lipinski definition) is 2. The summed E-state index contributed by atoms with van der Waals surface area (Å²) in [5.41, 5.74) is 6.29. The molecule has 120 valence electrons.